The molecular weight excluding hydrogens is 184 g/mol. The van der Waals surface area contributed by atoms with E-state index >= 15 is 0 Å². The number of furan rings is 1. The third-order valence-corrected chi connectivity index (χ3v) is 2.05. The topological polar surface area (TPSA) is 62.6 Å². The molecule has 14 heavy (non-hydrogen) atoms. The van der Waals surface area contributed by atoms with E-state index in [9.17, 15) is 9.59 Å². The van der Waals surface area contributed by atoms with Crippen molar-refractivity contribution in [2.24, 2.45) is 0 Å². The van der Waals surface area contributed by atoms with Crippen LogP contribution in [0.25, 0.3) is 0 Å². The number of carbonyl (C=O) groups excluding carboxylic acids is 2. The molecule has 0 unspecified atom stereocenters. The third-order valence-electron chi connectivity index (χ3n) is 2.05. The van der Waals surface area contributed by atoms with E-state index in [0.717, 1.165) is 0 Å². The Bertz CT molecular complexity index is 329. The van der Waals surface area contributed by atoms with E-state index in [4.69, 9.17) is 4.42 Å². The lowest BCUT2D eigenvalue weighted by molar-refractivity contribution is -0.147. The number of hydrogen-bond acceptors (Lipinski definition) is 4. The highest BCUT2D eigenvalue weighted by molar-refractivity contribution is 5.99. The van der Waals surface area contributed by atoms with Crippen molar-refractivity contribution in [1.29, 1.82) is 0 Å². The minimum atomic E-state index is -0.211. The average Bonchev–Trinajstić information content (AvgIpc) is 2.64. The highest BCUT2D eigenvalue weighted by atomic mass is 16.3. The molecule has 0 spiro atoms. The number of nitrogens with zero attached hydrogens (tertiary/aromatic N) is 1. The standard InChI is InChI=1S/C9H10N2O3/c12-8-4-10-5-9(13)11(8)6-7-2-1-3-14-7/h1-3,10H,4-6H2. The van der Waals surface area contributed by atoms with Crippen LogP contribution in [0.3, 0.4) is 0 Å². The molecule has 5 heteroatoms. The normalized spacial score (nSPS) is 17.6. The van der Waals surface area contributed by atoms with Gasteiger partial charge in [0.25, 0.3) is 0 Å². The van der Waals surface area contributed by atoms with E-state index in [0.29, 0.717) is 5.76 Å². The molecule has 2 rings (SSSR count). The summed E-state index contributed by atoms with van der Waals surface area (Å²) >= 11 is 0. The maximum Gasteiger partial charge on any atom is 0.243 e. The monoisotopic (exact) mass is 194 g/mol. The molecule has 1 aromatic heterocycles. The molecule has 1 aliphatic rings. The van der Waals surface area contributed by atoms with Crippen molar-refractivity contribution in [2.45, 2.75) is 6.54 Å². The molecule has 1 N–H and O–H groups in total. The van der Waals surface area contributed by atoms with Crippen LogP contribution in [0.1, 0.15) is 5.76 Å². The summed E-state index contributed by atoms with van der Waals surface area (Å²) in [5.41, 5.74) is 0. The molecule has 1 aromatic rings. The smallest absolute Gasteiger partial charge is 0.243 e. The predicted octanol–water partition coefficient (Wildman–Crippen LogP) is -0.262. The molecule has 1 aliphatic heterocycles. The molecule has 2 amide bonds. The summed E-state index contributed by atoms with van der Waals surface area (Å²) in [6, 6.07) is 3.47. The first kappa shape index (κ1) is 8.96. The Morgan fingerprint density at radius 3 is 2.64 bits per heavy atom. The first-order valence-electron chi connectivity index (χ1n) is 4.33. The van der Waals surface area contributed by atoms with Crippen molar-refractivity contribution in [3.05, 3.63) is 24.2 Å². The van der Waals surface area contributed by atoms with Crippen LogP contribution < -0.4 is 5.32 Å². The summed E-state index contributed by atoms with van der Waals surface area (Å²) < 4.78 is 5.07. The van der Waals surface area contributed by atoms with Crippen molar-refractivity contribution in [3.63, 3.8) is 0 Å². The number of nitrogens with one attached hydrogen (secondary N) is 1. The lowest BCUT2D eigenvalue weighted by Crippen LogP contribution is -2.51. The quantitative estimate of drug-likeness (QED) is 0.659. The number of rotatable bonds is 2. The zero-order chi connectivity index (χ0) is 9.97. The number of hydrogen-bond donors (Lipinski definition) is 1. The Hall–Kier alpha value is -1.62. The van der Waals surface area contributed by atoms with Gasteiger partial charge in [0, 0.05) is 0 Å². The summed E-state index contributed by atoms with van der Waals surface area (Å²) in [5, 5.41) is 2.72. The fraction of sp³-hybridized carbons (Fsp3) is 0.333. The van der Waals surface area contributed by atoms with Crippen molar-refractivity contribution in [2.75, 3.05) is 13.1 Å². The number of piperazine rings is 1. The average molecular weight is 194 g/mol. The van der Waals surface area contributed by atoms with Crippen LogP contribution in [-0.4, -0.2) is 29.8 Å². The van der Waals surface area contributed by atoms with E-state index < -0.39 is 0 Å². The summed E-state index contributed by atoms with van der Waals surface area (Å²) in [4.78, 5) is 23.9. The molecule has 74 valence electrons. The minimum absolute atomic E-state index is 0.211. The van der Waals surface area contributed by atoms with Gasteiger partial charge in [-0.3, -0.25) is 19.8 Å². The summed E-state index contributed by atoms with van der Waals surface area (Å²) in [5.74, 6) is 0.198. The van der Waals surface area contributed by atoms with E-state index in [-0.39, 0.29) is 31.4 Å². The molecule has 5 nitrogen and oxygen atoms in total. The molecule has 2 heterocycles. The van der Waals surface area contributed by atoms with Crippen molar-refractivity contribution in [1.82, 2.24) is 10.2 Å². The van der Waals surface area contributed by atoms with Gasteiger partial charge in [-0.1, -0.05) is 0 Å². The van der Waals surface area contributed by atoms with Crippen LogP contribution in [0.4, 0.5) is 0 Å². The van der Waals surface area contributed by atoms with Crippen LogP contribution in [0.5, 0.6) is 0 Å². The van der Waals surface area contributed by atoms with Crippen molar-refractivity contribution >= 4 is 11.8 Å². The summed E-state index contributed by atoms with van der Waals surface area (Å²) in [7, 11) is 0. The van der Waals surface area contributed by atoms with Gasteiger partial charge in [-0.2, -0.15) is 0 Å². The van der Waals surface area contributed by atoms with Crippen LogP contribution in [-0.2, 0) is 16.1 Å². The van der Waals surface area contributed by atoms with Gasteiger partial charge in [0.2, 0.25) is 11.8 Å². The molecule has 1 fully saturated rings. The van der Waals surface area contributed by atoms with E-state index in [1.807, 2.05) is 0 Å². The van der Waals surface area contributed by atoms with Crippen LogP contribution >= 0.6 is 0 Å². The van der Waals surface area contributed by atoms with Gasteiger partial charge in [0.15, 0.2) is 0 Å². The largest absolute Gasteiger partial charge is 0.467 e. The Morgan fingerprint density at radius 1 is 1.36 bits per heavy atom. The molecule has 0 radical (unpaired) electrons. The van der Waals surface area contributed by atoms with Gasteiger partial charge in [-0.05, 0) is 12.1 Å². The number of carbonyl (C=O) groups is 2. The van der Waals surface area contributed by atoms with Gasteiger partial charge >= 0.3 is 0 Å². The van der Waals surface area contributed by atoms with Gasteiger partial charge in [-0.15, -0.1) is 0 Å². The van der Waals surface area contributed by atoms with Crippen molar-refractivity contribution in [3.8, 4) is 0 Å². The third kappa shape index (κ3) is 1.67. The minimum Gasteiger partial charge on any atom is -0.467 e. The first-order chi connectivity index (χ1) is 6.77. The summed E-state index contributed by atoms with van der Waals surface area (Å²) in [6.07, 6.45) is 1.52. The van der Waals surface area contributed by atoms with Gasteiger partial charge in [-0.25, -0.2) is 0 Å². The van der Waals surface area contributed by atoms with E-state index in [2.05, 4.69) is 5.32 Å². The van der Waals surface area contributed by atoms with Crippen LogP contribution in [0, 0.1) is 0 Å². The van der Waals surface area contributed by atoms with E-state index in [1.54, 1.807) is 12.1 Å². The summed E-state index contributed by atoms with van der Waals surface area (Å²) in [6.45, 7) is 0.658. The number of imide groups is 1. The Balaban J connectivity index is 2.08. The van der Waals surface area contributed by atoms with E-state index in [1.165, 1.54) is 11.2 Å². The Labute approximate surface area is 80.7 Å². The zero-order valence-corrected chi connectivity index (χ0v) is 7.53. The lowest BCUT2D eigenvalue weighted by atomic mass is 10.3. The van der Waals surface area contributed by atoms with Gasteiger partial charge in [0.1, 0.15) is 5.76 Å². The molecule has 0 atom stereocenters. The van der Waals surface area contributed by atoms with Crippen molar-refractivity contribution < 1.29 is 14.0 Å². The first-order valence-corrected chi connectivity index (χ1v) is 4.33. The predicted molar refractivity (Wildman–Crippen MR) is 47.1 cm³/mol. The maximum absolute atomic E-state index is 11.3. The Kier molecular flexibility index (Phi) is 2.32. The lowest BCUT2D eigenvalue weighted by Gasteiger charge is -2.24. The van der Waals surface area contributed by atoms with Gasteiger partial charge < -0.3 is 4.42 Å². The zero-order valence-electron chi connectivity index (χ0n) is 7.53. The highest BCUT2D eigenvalue weighted by Gasteiger charge is 2.25. The molecular formula is C9H10N2O3. The SMILES string of the molecule is O=C1CNCC(=O)N1Cc1ccco1. The fourth-order valence-electron chi connectivity index (χ4n) is 1.34. The van der Waals surface area contributed by atoms with Crippen LogP contribution in [0.2, 0.25) is 0 Å². The molecule has 0 bridgehead atoms. The van der Waals surface area contributed by atoms with Crippen LogP contribution in [0.15, 0.2) is 22.8 Å². The Morgan fingerprint density at radius 2 is 2.07 bits per heavy atom. The van der Waals surface area contributed by atoms with Gasteiger partial charge in [0.05, 0.1) is 25.9 Å². The number of amides is 2. The molecule has 1 saturated heterocycles. The fourth-order valence-corrected chi connectivity index (χ4v) is 1.34. The second-order valence-corrected chi connectivity index (χ2v) is 3.06. The molecule has 0 saturated carbocycles. The highest BCUT2D eigenvalue weighted by Crippen LogP contribution is 2.07. The maximum atomic E-state index is 11.3. The second-order valence-electron chi connectivity index (χ2n) is 3.06. The molecule has 0 aromatic carbocycles. The second kappa shape index (κ2) is 3.63. The molecule has 0 aliphatic carbocycles.